The summed E-state index contributed by atoms with van der Waals surface area (Å²) in [4.78, 5) is 25.6. The zero-order valence-corrected chi connectivity index (χ0v) is 14.9. The van der Waals surface area contributed by atoms with Crippen LogP contribution in [0.15, 0.2) is 60.7 Å². The SMILES string of the molecule is CCOC(=O)[C@@H]1C(=O)C=C2c3ccccc3CC[C@H]2[C@@H]1c1ccccc1. The Balaban J connectivity index is 1.85. The van der Waals surface area contributed by atoms with Crippen LogP contribution in [0.1, 0.15) is 36.0 Å². The van der Waals surface area contributed by atoms with Crippen molar-refractivity contribution in [1.82, 2.24) is 0 Å². The van der Waals surface area contributed by atoms with E-state index in [4.69, 9.17) is 4.74 Å². The van der Waals surface area contributed by atoms with E-state index >= 15 is 0 Å². The lowest BCUT2D eigenvalue weighted by Gasteiger charge is -2.40. The molecule has 2 aliphatic rings. The van der Waals surface area contributed by atoms with Crippen LogP contribution in [-0.2, 0) is 20.7 Å². The molecule has 0 spiro atoms. The molecule has 26 heavy (non-hydrogen) atoms. The molecule has 0 aliphatic heterocycles. The molecule has 0 saturated heterocycles. The molecule has 2 aromatic rings. The number of carbonyl (C=O) groups excluding carboxylic acids is 2. The second-order valence-corrected chi connectivity index (χ2v) is 6.97. The zero-order chi connectivity index (χ0) is 18.1. The number of allylic oxidation sites excluding steroid dienone is 2. The van der Waals surface area contributed by atoms with Crippen molar-refractivity contribution in [1.29, 1.82) is 0 Å². The number of hydrogen-bond acceptors (Lipinski definition) is 3. The van der Waals surface area contributed by atoms with Gasteiger partial charge in [-0.1, -0.05) is 54.6 Å². The molecule has 0 aromatic heterocycles. The van der Waals surface area contributed by atoms with E-state index in [1.165, 1.54) is 5.56 Å². The summed E-state index contributed by atoms with van der Waals surface area (Å²) in [6.07, 6.45) is 3.60. The average molecular weight is 346 g/mol. The lowest BCUT2D eigenvalue weighted by Crippen LogP contribution is -2.39. The summed E-state index contributed by atoms with van der Waals surface area (Å²) in [6.45, 7) is 2.06. The number of hydrogen-bond donors (Lipinski definition) is 0. The van der Waals surface area contributed by atoms with Gasteiger partial charge in [-0.05, 0) is 54.0 Å². The molecule has 0 N–H and O–H groups in total. The van der Waals surface area contributed by atoms with Crippen molar-refractivity contribution in [2.45, 2.75) is 25.7 Å². The van der Waals surface area contributed by atoms with Crippen LogP contribution < -0.4 is 0 Å². The molecule has 0 radical (unpaired) electrons. The van der Waals surface area contributed by atoms with Gasteiger partial charge in [-0.25, -0.2) is 0 Å². The molecular formula is C23H22O3. The van der Waals surface area contributed by atoms with E-state index in [-0.39, 0.29) is 24.2 Å². The molecule has 0 bridgehead atoms. The van der Waals surface area contributed by atoms with Crippen molar-refractivity contribution in [3.63, 3.8) is 0 Å². The van der Waals surface area contributed by atoms with Gasteiger partial charge in [0.1, 0.15) is 5.92 Å². The molecule has 132 valence electrons. The van der Waals surface area contributed by atoms with Crippen LogP contribution in [0.3, 0.4) is 0 Å². The van der Waals surface area contributed by atoms with E-state index in [0.29, 0.717) is 0 Å². The Hall–Kier alpha value is -2.68. The van der Waals surface area contributed by atoms with Crippen molar-refractivity contribution < 1.29 is 14.3 Å². The predicted molar refractivity (Wildman–Crippen MR) is 101 cm³/mol. The van der Waals surface area contributed by atoms with E-state index < -0.39 is 11.9 Å². The fourth-order valence-corrected chi connectivity index (χ4v) is 4.49. The Bertz CT molecular complexity index is 866. The highest BCUT2D eigenvalue weighted by molar-refractivity contribution is 6.11. The zero-order valence-electron chi connectivity index (χ0n) is 14.9. The van der Waals surface area contributed by atoms with E-state index in [9.17, 15) is 9.59 Å². The molecule has 4 rings (SSSR count). The highest BCUT2D eigenvalue weighted by atomic mass is 16.5. The van der Waals surface area contributed by atoms with Gasteiger partial charge < -0.3 is 4.74 Å². The van der Waals surface area contributed by atoms with Gasteiger partial charge in [0.2, 0.25) is 0 Å². The Morgan fingerprint density at radius 1 is 1.08 bits per heavy atom. The van der Waals surface area contributed by atoms with Gasteiger partial charge in [0.05, 0.1) is 6.61 Å². The minimum atomic E-state index is -0.753. The normalized spacial score (nSPS) is 24.3. The molecule has 2 aromatic carbocycles. The summed E-state index contributed by atoms with van der Waals surface area (Å²) in [5, 5.41) is 0. The molecule has 3 heteroatoms. The quantitative estimate of drug-likeness (QED) is 0.619. The third kappa shape index (κ3) is 2.78. The second-order valence-electron chi connectivity index (χ2n) is 6.97. The lowest BCUT2D eigenvalue weighted by molar-refractivity contribution is -0.152. The summed E-state index contributed by atoms with van der Waals surface area (Å²) < 4.78 is 5.26. The van der Waals surface area contributed by atoms with Gasteiger partial charge in [0, 0.05) is 5.92 Å². The number of benzene rings is 2. The monoisotopic (exact) mass is 346 g/mol. The van der Waals surface area contributed by atoms with Gasteiger partial charge in [0.25, 0.3) is 0 Å². The Kier molecular flexibility index (Phi) is 4.46. The molecule has 3 atom stereocenters. The van der Waals surface area contributed by atoms with Gasteiger partial charge >= 0.3 is 5.97 Å². The number of esters is 1. The number of ketones is 1. The van der Waals surface area contributed by atoms with Gasteiger partial charge in [-0.2, -0.15) is 0 Å². The van der Waals surface area contributed by atoms with E-state index in [2.05, 4.69) is 12.1 Å². The van der Waals surface area contributed by atoms with E-state index in [1.807, 2.05) is 42.5 Å². The summed E-state index contributed by atoms with van der Waals surface area (Å²) >= 11 is 0. The third-order valence-electron chi connectivity index (χ3n) is 5.57. The van der Waals surface area contributed by atoms with Gasteiger partial charge in [-0.3, -0.25) is 9.59 Å². The fraction of sp³-hybridized carbons (Fsp3) is 0.304. The minimum Gasteiger partial charge on any atom is -0.465 e. The average Bonchev–Trinajstić information content (AvgIpc) is 2.67. The van der Waals surface area contributed by atoms with Crippen molar-refractivity contribution in [2.75, 3.05) is 6.61 Å². The van der Waals surface area contributed by atoms with Crippen LogP contribution in [0.2, 0.25) is 0 Å². The number of aryl methyl sites for hydroxylation is 1. The molecule has 0 heterocycles. The Morgan fingerprint density at radius 3 is 2.58 bits per heavy atom. The van der Waals surface area contributed by atoms with Crippen molar-refractivity contribution in [2.24, 2.45) is 11.8 Å². The maximum absolute atomic E-state index is 13.0. The highest BCUT2D eigenvalue weighted by Crippen LogP contribution is 2.49. The molecule has 2 aliphatic carbocycles. The fourth-order valence-electron chi connectivity index (χ4n) is 4.49. The number of fused-ring (bicyclic) bond motifs is 3. The summed E-state index contributed by atoms with van der Waals surface area (Å²) in [7, 11) is 0. The first kappa shape index (κ1) is 16.8. The van der Waals surface area contributed by atoms with Crippen molar-refractivity contribution in [3.05, 3.63) is 77.4 Å². The van der Waals surface area contributed by atoms with Crippen molar-refractivity contribution >= 4 is 17.3 Å². The molecule has 3 nitrogen and oxygen atoms in total. The lowest BCUT2D eigenvalue weighted by atomic mass is 9.62. The maximum atomic E-state index is 13.0. The summed E-state index contributed by atoms with van der Waals surface area (Å²) in [5.74, 6) is -1.31. The van der Waals surface area contributed by atoms with Gasteiger partial charge in [0.15, 0.2) is 5.78 Å². The molecule has 0 fully saturated rings. The van der Waals surface area contributed by atoms with Crippen LogP contribution in [0.25, 0.3) is 5.57 Å². The third-order valence-corrected chi connectivity index (χ3v) is 5.57. The first-order valence-electron chi connectivity index (χ1n) is 9.26. The molecule has 0 unspecified atom stereocenters. The first-order chi connectivity index (χ1) is 12.7. The standard InChI is InChI=1S/C23H22O3/c1-2-26-23(25)22-20(24)14-19-17-11-7-6-8-15(17)12-13-18(19)21(22)16-9-4-3-5-10-16/h3-11,14,18,21-22H,2,12-13H2,1H3/t18-,21+,22-/m1/s1. The topological polar surface area (TPSA) is 43.4 Å². The Labute approximate surface area is 153 Å². The van der Waals surface area contributed by atoms with Crippen LogP contribution >= 0.6 is 0 Å². The number of rotatable bonds is 3. The van der Waals surface area contributed by atoms with Crippen LogP contribution in [-0.4, -0.2) is 18.4 Å². The van der Waals surface area contributed by atoms with Crippen molar-refractivity contribution in [3.8, 4) is 0 Å². The maximum Gasteiger partial charge on any atom is 0.317 e. The summed E-state index contributed by atoms with van der Waals surface area (Å²) in [6, 6.07) is 18.2. The smallest absolute Gasteiger partial charge is 0.317 e. The highest BCUT2D eigenvalue weighted by Gasteiger charge is 2.46. The largest absolute Gasteiger partial charge is 0.465 e. The van der Waals surface area contributed by atoms with Gasteiger partial charge in [-0.15, -0.1) is 0 Å². The number of ether oxygens (including phenoxy) is 1. The molecule has 0 saturated carbocycles. The first-order valence-corrected chi connectivity index (χ1v) is 9.26. The molecular weight excluding hydrogens is 324 g/mol. The minimum absolute atomic E-state index is 0.139. The van der Waals surface area contributed by atoms with Crippen LogP contribution in [0, 0.1) is 11.8 Å². The molecule has 0 amide bonds. The van der Waals surface area contributed by atoms with Crippen LogP contribution in [0.4, 0.5) is 0 Å². The Morgan fingerprint density at radius 2 is 1.81 bits per heavy atom. The predicted octanol–water partition coefficient (Wildman–Crippen LogP) is 4.18. The van der Waals surface area contributed by atoms with E-state index in [0.717, 1.165) is 29.5 Å². The number of carbonyl (C=O) groups is 2. The second kappa shape index (κ2) is 6.91. The summed E-state index contributed by atoms with van der Waals surface area (Å²) in [5.41, 5.74) is 4.55. The van der Waals surface area contributed by atoms with E-state index in [1.54, 1.807) is 13.0 Å². The van der Waals surface area contributed by atoms with Crippen LogP contribution in [0.5, 0.6) is 0 Å².